The molecule has 2 aromatic rings. The molecule has 6 nitrogen and oxygen atoms in total. The van der Waals surface area contributed by atoms with Gasteiger partial charge in [0.25, 0.3) is 0 Å². The minimum absolute atomic E-state index is 0.0225. The van der Waals surface area contributed by atoms with Crippen LogP contribution in [-0.2, 0) is 14.3 Å². The van der Waals surface area contributed by atoms with E-state index in [-0.39, 0.29) is 18.4 Å². The van der Waals surface area contributed by atoms with Gasteiger partial charge in [0.15, 0.2) is 0 Å². The number of hydrogen-bond acceptors (Lipinski definition) is 5. The number of amides is 1. The number of carbonyl (C=O) groups is 3. The van der Waals surface area contributed by atoms with Crippen molar-refractivity contribution in [2.24, 2.45) is 11.8 Å². The molecule has 0 bridgehead atoms. The second-order valence-corrected chi connectivity index (χ2v) is 9.34. The number of rotatable bonds is 7. The number of thiophene rings is 1. The lowest BCUT2D eigenvalue weighted by Crippen LogP contribution is -2.36. The Morgan fingerprint density at radius 3 is 2.34 bits per heavy atom. The highest BCUT2D eigenvalue weighted by Gasteiger charge is 2.38. The Kier molecular flexibility index (Phi) is 7.51. The van der Waals surface area contributed by atoms with Gasteiger partial charge in [-0.25, -0.2) is 4.79 Å². The van der Waals surface area contributed by atoms with Gasteiger partial charge in [0.1, 0.15) is 5.00 Å². The standard InChI is InChI=1S/C25H29NO5S/c1-5-31-25(30)20-13-21(16(4)17-9-7-6-8-10-17)32-23(20)26-22(27)18-11-14(2)15(3)12-19(18)24(28)29/h6-10,13,16,18-19H,5,11-12H2,1-4H3,(H,26,27)(H,28,29). The zero-order valence-corrected chi connectivity index (χ0v) is 19.6. The topological polar surface area (TPSA) is 92.7 Å². The second-order valence-electron chi connectivity index (χ2n) is 8.25. The lowest BCUT2D eigenvalue weighted by Gasteiger charge is -2.29. The van der Waals surface area contributed by atoms with Crippen molar-refractivity contribution in [2.45, 2.75) is 46.5 Å². The Labute approximate surface area is 192 Å². The number of nitrogens with one attached hydrogen (secondary N) is 1. The summed E-state index contributed by atoms with van der Waals surface area (Å²) in [4.78, 5) is 38.5. The van der Waals surface area contributed by atoms with Crippen molar-refractivity contribution in [3.63, 3.8) is 0 Å². The molecule has 1 heterocycles. The molecule has 0 spiro atoms. The van der Waals surface area contributed by atoms with Crippen molar-refractivity contribution in [1.29, 1.82) is 0 Å². The molecule has 1 amide bonds. The van der Waals surface area contributed by atoms with Gasteiger partial charge in [0, 0.05) is 10.8 Å². The molecular formula is C25H29NO5S. The molecule has 32 heavy (non-hydrogen) atoms. The van der Waals surface area contributed by atoms with Gasteiger partial charge in [-0.1, -0.05) is 48.4 Å². The van der Waals surface area contributed by atoms with E-state index in [4.69, 9.17) is 4.74 Å². The third-order valence-corrected chi connectivity index (χ3v) is 7.36. The zero-order valence-electron chi connectivity index (χ0n) is 18.8. The zero-order chi connectivity index (χ0) is 23.4. The van der Waals surface area contributed by atoms with Gasteiger partial charge in [-0.2, -0.15) is 0 Å². The minimum Gasteiger partial charge on any atom is -0.481 e. The van der Waals surface area contributed by atoms with Crippen molar-refractivity contribution >= 4 is 34.2 Å². The van der Waals surface area contributed by atoms with Crippen LogP contribution in [0, 0.1) is 11.8 Å². The molecule has 0 fully saturated rings. The number of carbonyl (C=O) groups excluding carboxylic acids is 2. The molecule has 3 rings (SSSR count). The SMILES string of the molecule is CCOC(=O)c1cc(C(C)c2ccccc2)sc1NC(=O)C1CC(C)=C(C)CC1C(=O)O. The maximum atomic E-state index is 13.2. The molecule has 1 aromatic heterocycles. The highest BCUT2D eigenvalue weighted by atomic mass is 32.1. The summed E-state index contributed by atoms with van der Waals surface area (Å²) in [7, 11) is 0. The Morgan fingerprint density at radius 1 is 1.12 bits per heavy atom. The van der Waals surface area contributed by atoms with Crippen molar-refractivity contribution in [3.8, 4) is 0 Å². The van der Waals surface area contributed by atoms with Crippen molar-refractivity contribution in [1.82, 2.24) is 0 Å². The molecule has 0 radical (unpaired) electrons. The first-order chi connectivity index (χ1) is 15.2. The van der Waals surface area contributed by atoms with Gasteiger partial charge < -0.3 is 15.2 Å². The van der Waals surface area contributed by atoms with Gasteiger partial charge in [-0.05, 0) is 45.2 Å². The van der Waals surface area contributed by atoms with Crippen LogP contribution < -0.4 is 5.32 Å². The van der Waals surface area contributed by atoms with Gasteiger partial charge in [-0.3, -0.25) is 9.59 Å². The molecule has 0 saturated carbocycles. The highest BCUT2D eigenvalue weighted by Crippen LogP contribution is 2.39. The molecule has 7 heteroatoms. The molecule has 0 saturated heterocycles. The fourth-order valence-corrected chi connectivity index (χ4v) is 5.14. The Bertz CT molecular complexity index is 1040. The predicted octanol–water partition coefficient (Wildman–Crippen LogP) is 5.46. The Morgan fingerprint density at radius 2 is 1.75 bits per heavy atom. The van der Waals surface area contributed by atoms with E-state index in [0.29, 0.717) is 23.4 Å². The van der Waals surface area contributed by atoms with Crippen LogP contribution in [0.5, 0.6) is 0 Å². The second kappa shape index (κ2) is 10.1. The van der Waals surface area contributed by atoms with Crippen LogP contribution in [-0.4, -0.2) is 29.6 Å². The van der Waals surface area contributed by atoms with Crippen LogP contribution in [0.2, 0.25) is 0 Å². The number of ether oxygens (including phenoxy) is 1. The van der Waals surface area contributed by atoms with E-state index in [0.717, 1.165) is 21.6 Å². The van der Waals surface area contributed by atoms with Crippen LogP contribution >= 0.6 is 11.3 Å². The van der Waals surface area contributed by atoms with Gasteiger partial charge in [0.05, 0.1) is 24.0 Å². The van der Waals surface area contributed by atoms with Crippen LogP contribution in [0.25, 0.3) is 0 Å². The van der Waals surface area contributed by atoms with E-state index in [1.807, 2.05) is 51.1 Å². The normalized spacial score (nSPS) is 19.4. The maximum Gasteiger partial charge on any atom is 0.341 e. The number of benzene rings is 1. The summed E-state index contributed by atoms with van der Waals surface area (Å²) in [6, 6.07) is 11.7. The van der Waals surface area contributed by atoms with Gasteiger partial charge >= 0.3 is 11.9 Å². The lowest BCUT2D eigenvalue weighted by molar-refractivity contribution is -0.146. The average molecular weight is 456 g/mol. The molecule has 170 valence electrons. The molecule has 1 aromatic carbocycles. The molecule has 3 unspecified atom stereocenters. The summed E-state index contributed by atoms with van der Waals surface area (Å²) >= 11 is 1.33. The monoisotopic (exact) mass is 455 g/mol. The summed E-state index contributed by atoms with van der Waals surface area (Å²) in [6.45, 7) is 7.84. The number of hydrogen-bond donors (Lipinski definition) is 2. The smallest absolute Gasteiger partial charge is 0.341 e. The molecule has 3 atom stereocenters. The van der Waals surface area contributed by atoms with E-state index < -0.39 is 23.8 Å². The number of anilines is 1. The first-order valence-electron chi connectivity index (χ1n) is 10.8. The summed E-state index contributed by atoms with van der Waals surface area (Å²) in [5, 5.41) is 12.9. The van der Waals surface area contributed by atoms with E-state index in [1.165, 1.54) is 11.3 Å². The Hall–Kier alpha value is -2.93. The maximum absolute atomic E-state index is 13.2. The number of esters is 1. The lowest BCUT2D eigenvalue weighted by atomic mass is 9.76. The Balaban J connectivity index is 1.92. The fraction of sp³-hybridized carbons (Fsp3) is 0.400. The number of allylic oxidation sites excluding steroid dienone is 2. The van der Waals surface area contributed by atoms with Crippen LogP contribution in [0.15, 0.2) is 47.5 Å². The van der Waals surface area contributed by atoms with E-state index in [9.17, 15) is 19.5 Å². The number of aliphatic carboxylic acids is 1. The first kappa shape index (κ1) is 23.7. The van der Waals surface area contributed by atoms with Gasteiger partial charge in [-0.15, -0.1) is 11.3 Å². The quantitative estimate of drug-likeness (QED) is 0.427. The molecule has 1 aliphatic carbocycles. The summed E-state index contributed by atoms with van der Waals surface area (Å²) in [6.07, 6.45) is 0.743. The first-order valence-corrected chi connectivity index (χ1v) is 11.6. The molecule has 0 aliphatic heterocycles. The summed E-state index contributed by atoms with van der Waals surface area (Å²) in [5.41, 5.74) is 3.45. The highest BCUT2D eigenvalue weighted by molar-refractivity contribution is 7.16. The largest absolute Gasteiger partial charge is 0.481 e. The molecular weight excluding hydrogens is 426 g/mol. The van der Waals surface area contributed by atoms with Crippen molar-refractivity contribution < 1.29 is 24.2 Å². The van der Waals surface area contributed by atoms with E-state index in [2.05, 4.69) is 5.32 Å². The third kappa shape index (κ3) is 5.10. The number of carboxylic acid groups (broad SMARTS) is 1. The molecule has 1 aliphatic rings. The van der Waals surface area contributed by atoms with Crippen molar-refractivity contribution in [3.05, 3.63) is 63.5 Å². The van der Waals surface area contributed by atoms with E-state index in [1.54, 1.807) is 13.0 Å². The predicted molar refractivity (Wildman–Crippen MR) is 125 cm³/mol. The summed E-state index contributed by atoms with van der Waals surface area (Å²) in [5.74, 6) is -3.32. The van der Waals surface area contributed by atoms with Crippen molar-refractivity contribution in [2.75, 3.05) is 11.9 Å². The third-order valence-electron chi connectivity index (χ3n) is 6.13. The minimum atomic E-state index is -0.979. The summed E-state index contributed by atoms with van der Waals surface area (Å²) < 4.78 is 5.20. The van der Waals surface area contributed by atoms with E-state index >= 15 is 0 Å². The average Bonchev–Trinajstić information content (AvgIpc) is 3.19. The van der Waals surface area contributed by atoms with Crippen LogP contribution in [0.3, 0.4) is 0 Å². The van der Waals surface area contributed by atoms with Crippen LogP contribution in [0.4, 0.5) is 5.00 Å². The van der Waals surface area contributed by atoms with Gasteiger partial charge in [0.2, 0.25) is 5.91 Å². The van der Waals surface area contributed by atoms with Crippen LogP contribution in [0.1, 0.15) is 67.3 Å². The fourth-order valence-electron chi connectivity index (χ4n) is 4.01. The molecule has 2 N–H and O–H groups in total. The number of carboxylic acids is 1.